The van der Waals surface area contributed by atoms with Gasteiger partial charge in [-0.2, -0.15) is 13.2 Å². The van der Waals surface area contributed by atoms with Crippen LogP contribution in [0.2, 0.25) is 0 Å². The average Bonchev–Trinajstić information content (AvgIpc) is 3.06. The van der Waals surface area contributed by atoms with Gasteiger partial charge >= 0.3 is 6.18 Å². The minimum absolute atomic E-state index is 0.109. The molecule has 10 heteroatoms. The molecule has 2 saturated heterocycles. The monoisotopic (exact) mass is 492 g/mol. The van der Waals surface area contributed by atoms with Gasteiger partial charge in [0.25, 0.3) is 11.8 Å². The van der Waals surface area contributed by atoms with Crippen LogP contribution in [0.5, 0.6) is 0 Å². The van der Waals surface area contributed by atoms with Crippen molar-refractivity contribution in [1.82, 2.24) is 4.90 Å². The number of thioether (sulfide) groups is 1. The number of piperidine rings is 1. The van der Waals surface area contributed by atoms with Crippen molar-refractivity contribution in [2.45, 2.75) is 25.1 Å². The number of carbonyl (C=O) groups excluding carboxylic acids is 2. The number of likely N-dealkylation sites (tertiary alicyclic amines) is 1. The van der Waals surface area contributed by atoms with Gasteiger partial charge < -0.3 is 10.0 Å². The molecule has 172 valence electrons. The van der Waals surface area contributed by atoms with E-state index in [9.17, 15) is 27.9 Å². The highest BCUT2D eigenvalue weighted by Gasteiger charge is 2.35. The number of aliphatic hydroxyl groups excluding tert-OH is 1. The van der Waals surface area contributed by atoms with Crippen LogP contribution in [0.3, 0.4) is 0 Å². The van der Waals surface area contributed by atoms with E-state index in [4.69, 9.17) is 12.2 Å². The van der Waals surface area contributed by atoms with Gasteiger partial charge in [0.05, 0.1) is 22.3 Å². The molecule has 0 atom stereocenters. The van der Waals surface area contributed by atoms with Crippen molar-refractivity contribution in [2.75, 3.05) is 18.0 Å². The predicted molar refractivity (Wildman–Crippen MR) is 125 cm³/mol. The summed E-state index contributed by atoms with van der Waals surface area (Å²) in [7, 11) is 0. The second-order valence-corrected chi connectivity index (χ2v) is 9.38. The van der Waals surface area contributed by atoms with Gasteiger partial charge in [-0.15, -0.1) is 0 Å². The Balaban J connectivity index is 1.48. The Labute approximate surface area is 197 Å². The smallest absolute Gasteiger partial charge is 0.393 e. The highest BCUT2D eigenvalue weighted by Crippen LogP contribution is 2.37. The summed E-state index contributed by atoms with van der Waals surface area (Å²) < 4.78 is 38.6. The van der Waals surface area contributed by atoms with Crippen molar-refractivity contribution < 1.29 is 27.9 Å². The van der Waals surface area contributed by atoms with Gasteiger partial charge in [0.1, 0.15) is 0 Å². The van der Waals surface area contributed by atoms with Crippen LogP contribution in [0.4, 0.5) is 18.9 Å². The summed E-state index contributed by atoms with van der Waals surface area (Å²) in [6.45, 7) is 1.02. The Morgan fingerprint density at radius 3 is 2.24 bits per heavy atom. The molecule has 2 amide bonds. The number of anilines is 1. The number of nitrogens with zero attached hydrogens (tertiary/aromatic N) is 2. The molecule has 1 N–H and O–H groups in total. The third-order valence-corrected chi connectivity index (χ3v) is 6.76. The van der Waals surface area contributed by atoms with Crippen LogP contribution in [0.15, 0.2) is 53.4 Å². The van der Waals surface area contributed by atoms with Crippen molar-refractivity contribution in [2.24, 2.45) is 0 Å². The quantitative estimate of drug-likeness (QED) is 0.497. The number of aliphatic hydroxyl groups is 1. The lowest BCUT2D eigenvalue weighted by Crippen LogP contribution is -2.40. The number of hydrogen-bond acceptors (Lipinski definition) is 5. The highest BCUT2D eigenvalue weighted by molar-refractivity contribution is 8.27. The highest BCUT2D eigenvalue weighted by atomic mass is 32.2. The van der Waals surface area contributed by atoms with Crippen LogP contribution in [0.1, 0.15) is 34.3 Å². The van der Waals surface area contributed by atoms with Crippen molar-refractivity contribution in [3.05, 3.63) is 70.1 Å². The third-order valence-electron chi connectivity index (χ3n) is 5.45. The van der Waals surface area contributed by atoms with E-state index in [1.807, 2.05) is 0 Å². The Morgan fingerprint density at radius 1 is 1.06 bits per heavy atom. The van der Waals surface area contributed by atoms with Gasteiger partial charge in [-0.1, -0.05) is 36.1 Å². The maximum Gasteiger partial charge on any atom is 0.416 e. The molecular formula is C23H19F3N2O3S2. The number of hydrogen-bond donors (Lipinski definition) is 1. The molecule has 0 bridgehead atoms. The van der Waals surface area contributed by atoms with E-state index in [1.165, 1.54) is 17.0 Å². The molecule has 2 aromatic carbocycles. The van der Waals surface area contributed by atoms with Crippen LogP contribution in [0.25, 0.3) is 6.08 Å². The maximum atomic E-state index is 12.9. The number of rotatable bonds is 3. The molecule has 0 unspecified atom stereocenters. The SMILES string of the molecule is O=C(c1ccc(/C=C2\SC(=S)N(c3ccc(C(F)(F)F)cc3)C2=O)cc1)N1CCC(O)CC1. The molecule has 0 aromatic heterocycles. The summed E-state index contributed by atoms with van der Waals surface area (Å²) in [6, 6.07) is 11.1. The van der Waals surface area contributed by atoms with Gasteiger partial charge in [-0.05, 0) is 60.9 Å². The van der Waals surface area contributed by atoms with E-state index >= 15 is 0 Å². The Kier molecular flexibility index (Phi) is 6.60. The number of carbonyl (C=O) groups is 2. The summed E-state index contributed by atoms with van der Waals surface area (Å²) in [6.07, 6.45) is -2.07. The first kappa shape index (κ1) is 23.5. The van der Waals surface area contributed by atoms with E-state index in [0.717, 1.165) is 23.9 Å². The average molecular weight is 493 g/mol. The molecule has 0 radical (unpaired) electrons. The number of halogens is 3. The fourth-order valence-electron chi connectivity index (χ4n) is 3.61. The molecule has 2 heterocycles. The molecular weight excluding hydrogens is 473 g/mol. The molecule has 2 aromatic rings. The van der Waals surface area contributed by atoms with Gasteiger partial charge in [-0.3, -0.25) is 14.5 Å². The first-order chi connectivity index (χ1) is 15.6. The van der Waals surface area contributed by atoms with E-state index in [-0.39, 0.29) is 22.0 Å². The molecule has 0 aliphatic carbocycles. The van der Waals surface area contributed by atoms with Crippen molar-refractivity contribution in [3.8, 4) is 0 Å². The zero-order valence-corrected chi connectivity index (χ0v) is 18.8. The Hall–Kier alpha value is -2.69. The van der Waals surface area contributed by atoms with E-state index in [1.54, 1.807) is 35.2 Å². The summed E-state index contributed by atoms with van der Waals surface area (Å²) >= 11 is 6.33. The van der Waals surface area contributed by atoms with E-state index in [0.29, 0.717) is 42.0 Å². The van der Waals surface area contributed by atoms with E-state index < -0.39 is 17.6 Å². The normalized spacial score (nSPS) is 19.0. The first-order valence-corrected chi connectivity index (χ1v) is 11.4. The fourth-order valence-corrected chi connectivity index (χ4v) is 4.91. The van der Waals surface area contributed by atoms with Gasteiger partial charge in [0, 0.05) is 18.7 Å². The number of thiocarbonyl (C=S) groups is 1. The van der Waals surface area contributed by atoms with Crippen molar-refractivity contribution in [3.63, 3.8) is 0 Å². The minimum Gasteiger partial charge on any atom is -0.393 e. The third kappa shape index (κ3) is 5.13. The van der Waals surface area contributed by atoms with E-state index in [2.05, 4.69) is 0 Å². The van der Waals surface area contributed by atoms with Crippen LogP contribution in [-0.2, 0) is 11.0 Å². The summed E-state index contributed by atoms with van der Waals surface area (Å²) in [5.41, 5.74) is 0.665. The van der Waals surface area contributed by atoms with Crippen LogP contribution >= 0.6 is 24.0 Å². The van der Waals surface area contributed by atoms with Gasteiger partial charge in [-0.25, -0.2) is 0 Å². The van der Waals surface area contributed by atoms with Crippen molar-refractivity contribution in [1.29, 1.82) is 0 Å². The Bertz CT molecular complexity index is 1110. The predicted octanol–water partition coefficient (Wildman–Crippen LogP) is 4.71. The van der Waals surface area contributed by atoms with Crippen molar-refractivity contribution >= 4 is 51.9 Å². The van der Waals surface area contributed by atoms with Crippen LogP contribution in [0, 0.1) is 0 Å². The molecule has 2 fully saturated rings. The summed E-state index contributed by atoms with van der Waals surface area (Å²) in [5, 5.41) is 9.60. The first-order valence-electron chi connectivity index (χ1n) is 10.2. The molecule has 2 aliphatic heterocycles. The molecule has 2 aliphatic rings. The van der Waals surface area contributed by atoms with Gasteiger partial charge in [0.15, 0.2) is 4.32 Å². The Morgan fingerprint density at radius 2 is 1.67 bits per heavy atom. The number of amides is 2. The lowest BCUT2D eigenvalue weighted by molar-refractivity contribution is -0.137. The largest absolute Gasteiger partial charge is 0.416 e. The lowest BCUT2D eigenvalue weighted by atomic mass is 10.1. The standard InChI is InChI=1S/C23H19F3N2O3S2/c24-23(25,26)16-5-7-17(8-6-16)28-21(31)19(33-22(28)32)13-14-1-3-15(4-2-14)20(30)27-11-9-18(29)10-12-27/h1-8,13,18,29H,9-12H2/b19-13-. The zero-order chi connectivity index (χ0) is 23.8. The minimum atomic E-state index is -4.46. The second kappa shape index (κ2) is 9.28. The zero-order valence-electron chi connectivity index (χ0n) is 17.2. The van der Waals surface area contributed by atoms with Gasteiger partial charge in [0.2, 0.25) is 0 Å². The summed E-state index contributed by atoms with van der Waals surface area (Å²) in [4.78, 5) is 28.7. The topological polar surface area (TPSA) is 60.9 Å². The lowest BCUT2D eigenvalue weighted by Gasteiger charge is -2.29. The molecule has 5 nitrogen and oxygen atoms in total. The molecule has 33 heavy (non-hydrogen) atoms. The number of alkyl halides is 3. The fraction of sp³-hybridized carbons (Fsp3) is 0.261. The number of benzene rings is 2. The van der Waals surface area contributed by atoms with Crippen LogP contribution < -0.4 is 4.90 Å². The molecule has 0 saturated carbocycles. The second-order valence-electron chi connectivity index (χ2n) is 7.71. The summed E-state index contributed by atoms with van der Waals surface area (Å²) in [5.74, 6) is -0.529. The maximum absolute atomic E-state index is 12.9. The molecule has 0 spiro atoms. The molecule has 4 rings (SSSR count). The van der Waals surface area contributed by atoms with Crippen LogP contribution in [-0.4, -0.2) is 45.3 Å².